The molecule has 0 radical (unpaired) electrons. The molecule has 0 unspecified atom stereocenters. The first-order valence-electron chi connectivity index (χ1n) is 11.0. The topological polar surface area (TPSA) is 110 Å². The van der Waals surface area contributed by atoms with Crippen molar-refractivity contribution in [3.8, 4) is 5.82 Å². The van der Waals surface area contributed by atoms with Crippen LogP contribution in [0.5, 0.6) is 0 Å². The second-order valence-electron chi connectivity index (χ2n) is 8.23. The minimum absolute atomic E-state index is 0.160. The average molecular weight is 489 g/mol. The Balaban J connectivity index is 1.44. The number of anilines is 1. The van der Waals surface area contributed by atoms with Crippen molar-refractivity contribution in [1.82, 2.24) is 24.1 Å². The highest BCUT2D eigenvalue weighted by Crippen LogP contribution is 2.31. The summed E-state index contributed by atoms with van der Waals surface area (Å²) in [5.74, 6) is 0.588. The van der Waals surface area contributed by atoms with E-state index >= 15 is 0 Å². The number of pyridine rings is 1. The number of aromatic nitrogens is 4. The van der Waals surface area contributed by atoms with Crippen molar-refractivity contribution >= 4 is 33.0 Å². The molecule has 4 heterocycles. The van der Waals surface area contributed by atoms with Crippen LogP contribution in [0.3, 0.4) is 0 Å². The van der Waals surface area contributed by atoms with Gasteiger partial charge >= 0.3 is 0 Å². The molecule has 1 amide bonds. The van der Waals surface area contributed by atoms with E-state index in [9.17, 15) is 13.2 Å². The van der Waals surface area contributed by atoms with Crippen LogP contribution in [-0.4, -0.2) is 57.2 Å². The molecule has 1 saturated heterocycles. The van der Waals surface area contributed by atoms with Gasteiger partial charge in [-0.25, -0.2) is 27.4 Å². The van der Waals surface area contributed by atoms with Gasteiger partial charge in [0, 0.05) is 36.3 Å². The number of amides is 1. The zero-order valence-electron chi connectivity index (χ0n) is 19.0. The van der Waals surface area contributed by atoms with Gasteiger partial charge in [-0.3, -0.25) is 4.79 Å². The highest BCUT2D eigenvalue weighted by atomic mass is 32.2. The molecule has 1 N–H and O–H groups in total. The maximum Gasteiger partial charge on any atom is 0.275 e. The summed E-state index contributed by atoms with van der Waals surface area (Å²) in [7, 11) is -3.17. The van der Waals surface area contributed by atoms with Gasteiger partial charge in [-0.1, -0.05) is 6.92 Å². The molecule has 4 rings (SSSR count). The first-order chi connectivity index (χ1) is 15.8. The third-order valence-electron chi connectivity index (χ3n) is 5.66. The third-order valence-corrected chi connectivity index (χ3v) is 8.74. The number of nitrogens with zero attached hydrogens (tertiary/aromatic N) is 5. The van der Waals surface area contributed by atoms with Crippen LogP contribution in [-0.2, 0) is 10.0 Å². The van der Waals surface area contributed by atoms with E-state index in [4.69, 9.17) is 0 Å². The van der Waals surface area contributed by atoms with Crippen molar-refractivity contribution in [2.75, 3.05) is 24.2 Å². The number of hydrogen-bond acceptors (Lipinski definition) is 7. The summed E-state index contributed by atoms with van der Waals surface area (Å²) in [5, 5.41) is 10.0. The Labute approximate surface area is 197 Å². The highest BCUT2D eigenvalue weighted by molar-refractivity contribution is 7.89. The Morgan fingerprint density at radius 2 is 2.03 bits per heavy atom. The summed E-state index contributed by atoms with van der Waals surface area (Å²) in [6, 6.07) is 5.50. The number of nitrogens with one attached hydrogen (secondary N) is 1. The van der Waals surface area contributed by atoms with Crippen molar-refractivity contribution in [3.05, 3.63) is 51.9 Å². The van der Waals surface area contributed by atoms with Gasteiger partial charge in [0.15, 0.2) is 5.82 Å². The third kappa shape index (κ3) is 5.15. The van der Waals surface area contributed by atoms with Crippen LogP contribution in [0.25, 0.3) is 5.82 Å². The zero-order valence-corrected chi connectivity index (χ0v) is 20.6. The quantitative estimate of drug-likeness (QED) is 0.545. The van der Waals surface area contributed by atoms with E-state index in [1.807, 2.05) is 26.8 Å². The molecule has 9 nitrogen and oxygen atoms in total. The second-order valence-corrected chi connectivity index (χ2v) is 11.2. The number of thiazole rings is 1. The molecular weight excluding hydrogens is 460 g/mol. The number of carbonyl (C=O) groups is 1. The lowest BCUT2D eigenvalue weighted by Gasteiger charge is -2.30. The molecule has 1 fully saturated rings. The summed E-state index contributed by atoms with van der Waals surface area (Å²) >= 11 is 1.45. The van der Waals surface area contributed by atoms with Crippen LogP contribution in [0.4, 0.5) is 5.69 Å². The molecule has 3 aromatic heterocycles. The van der Waals surface area contributed by atoms with E-state index in [1.54, 1.807) is 32.7 Å². The lowest BCUT2D eigenvalue weighted by Crippen LogP contribution is -2.39. The fourth-order valence-corrected chi connectivity index (χ4v) is 6.55. The van der Waals surface area contributed by atoms with E-state index in [-0.39, 0.29) is 17.6 Å². The van der Waals surface area contributed by atoms with E-state index in [2.05, 4.69) is 20.4 Å². The predicted octanol–water partition coefficient (Wildman–Crippen LogP) is 3.51. The molecule has 0 aromatic carbocycles. The van der Waals surface area contributed by atoms with Crippen molar-refractivity contribution in [1.29, 1.82) is 0 Å². The van der Waals surface area contributed by atoms with Gasteiger partial charge in [-0.2, -0.15) is 5.10 Å². The van der Waals surface area contributed by atoms with Gasteiger partial charge in [0.25, 0.3) is 5.91 Å². The Morgan fingerprint density at radius 1 is 1.27 bits per heavy atom. The Morgan fingerprint density at radius 3 is 2.70 bits per heavy atom. The molecule has 11 heteroatoms. The molecule has 0 atom stereocenters. The van der Waals surface area contributed by atoms with Crippen LogP contribution < -0.4 is 5.32 Å². The van der Waals surface area contributed by atoms with Crippen LogP contribution >= 0.6 is 11.3 Å². The first-order valence-corrected chi connectivity index (χ1v) is 13.5. The number of sulfonamides is 1. The lowest BCUT2D eigenvalue weighted by atomic mass is 9.99. The number of carbonyl (C=O) groups excluding carboxylic acids is 1. The predicted molar refractivity (Wildman–Crippen MR) is 129 cm³/mol. The molecule has 33 heavy (non-hydrogen) atoms. The van der Waals surface area contributed by atoms with Gasteiger partial charge in [0.1, 0.15) is 5.69 Å². The molecule has 176 valence electrons. The van der Waals surface area contributed by atoms with Crippen LogP contribution in [0.15, 0.2) is 29.8 Å². The summed E-state index contributed by atoms with van der Waals surface area (Å²) in [5.41, 5.74) is 2.69. The van der Waals surface area contributed by atoms with E-state index < -0.39 is 10.0 Å². The van der Waals surface area contributed by atoms with Crippen LogP contribution in [0.1, 0.15) is 59.0 Å². The van der Waals surface area contributed by atoms with E-state index in [0.717, 1.165) is 16.4 Å². The fraction of sp³-hybridized carbons (Fsp3) is 0.455. The second kappa shape index (κ2) is 9.70. The molecule has 0 spiro atoms. The minimum Gasteiger partial charge on any atom is -0.317 e. The maximum absolute atomic E-state index is 12.9. The molecule has 1 aliphatic rings. The number of piperidine rings is 1. The van der Waals surface area contributed by atoms with Gasteiger partial charge in [0.2, 0.25) is 10.0 Å². The van der Waals surface area contributed by atoms with Crippen molar-refractivity contribution in [3.63, 3.8) is 0 Å². The number of rotatable bonds is 7. The van der Waals surface area contributed by atoms with Gasteiger partial charge in [-0.05, 0) is 51.3 Å². The number of aryl methyl sites for hydroxylation is 2. The van der Waals surface area contributed by atoms with Gasteiger partial charge in [0.05, 0.1) is 22.1 Å². The Kier molecular flexibility index (Phi) is 6.91. The smallest absolute Gasteiger partial charge is 0.275 e. The largest absolute Gasteiger partial charge is 0.317 e. The highest BCUT2D eigenvalue weighted by Gasteiger charge is 2.29. The Hall–Kier alpha value is -2.63. The monoisotopic (exact) mass is 488 g/mol. The molecule has 0 saturated carbocycles. The SMILES string of the molecule is CCCS(=O)(=O)N1CCC(c2nc(C(=O)Nc3cccnc3-n3nc(C)cc3C)cs2)CC1. The molecule has 0 aliphatic carbocycles. The van der Waals surface area contributed by atoms with Gasteiger partial charge in [-0.15, -0.1) is 11.3 Å². The standard InChI is InChI=1S/C22H28N6O3S2/c1-4-12-33(30,31)27-10-7-17(8-11-27)22-25-19(14-32-22)21(29)24-18-6-5-9-23-20(18)28-16(3)13-15(2)26-28/h5-6,9,13-14,17H,4,7-8,10-12H2,1-3H3,(H,24,29). The summed E-state index contributed by atoms with van der Waals surface area (Å²) in [6.45, 7) is 6.71. The Bertz CT molecular complexity index is 1240. The fourth-order valence-electron chi connectivity index (χ4n) is 4.04. The molecule has 3 aromatic rings. The molecular formula is C22H28N6O3S2. The summed E-state index contributed by atoms with van der Waals surface area (Å²) in [6.07, 6.45) is 3.70. The van der Waals surface area contributed by atoms with Crippen molar-refractivity contribution in [2.45, 2.75) is 46.0 Å². The normalized spacial score (nSPS) is 15.6. The van der Waals surface area contributed by atoms with Crippen molar-refractivity contribution in [2.24, 2.45) is 0 Å². The van der Waals surface area contributed by atoms with Gasteiger partial charge < -0.3 is 5.32 Å². The molecule has 1 aliphatic heterocycles. The van der Waals surface area contributed by atoms with Crippen LogP contribution in [0.2, 0.25) is 0 Å². The molecule has 0 bridgehead atoms. The van der Waals surface area contributed by atoms with Crippen LogP contribution in [0, 0.1) is 13.8 Å². The van der Waals surface area contributed by atoms with Crippen molar-refractivity contribution < 1.29 is 13.2 Å². The first kappa shape index (κ1) is 23.5. The summed E-state index contributed by atoms with van der Waals surface area (Å²) in [4.78, 5) is 21.9. The minimum atomic E-state index is -3.17. The number of hydrogen-bond donors (Lipinski definition) is 1. The lowest BCUT2D eigenvalue weighted by molar-refractivity contribution is 0.102. The van der Waals surface area contributed by atoms with E-state index in [1.165, 1.54) is 11.3 Å². The maximum atomic E-state index is 12.9. The summed E-state index contributed by atoms with van der Waals surface area (Å²) < 4.78 is 27.9. The van der Waals surface area contributed by atoms with E-state index in [0.29, 0.717) is 49.6 Å². The zero-order chi connectivity index (χ0) is 23.6. The average Bonchev–Trinajstić information content (AvgIpc) is 3.41.